The average molecular weight is 252 g/mol. The van der Waals surface area contributed by atoms with Crippen molar-refractivity contribution in [2.24, 2.45) is 0 Å². The molecule has 0 aromatic carbocycles. The largest absolute Gasteiger partial charge is 0.396 e. The first-order chi connectivity index (χ1) is 8.35. The van der Waals surface area contributed by atoms with E-state index in [9.17, 15) is 0 Å². The van der Waals surface area contributed by atoms with Crippen LogP contribution in [0.5, 0.6) is 0 Å². The van der Waals surface area contributed by atoms with Gasteiger partial charge >= 0.3 is 0 Å². The molecule has 0 bridgehead atoms. The maximum Gasteiger partial charge on any atom is 0.195 e. The van der Waals surface area contributed by atoms with Gasteiger partial charge in [0.1, 0.15) is 0 Å². The van der Waals surface area contributed by atoms with Gasteiger partial charge in [0.2, 0.25) is 0 Å². The molecule has 0 aliphatic heterocycles. The molecule has 0 fully saturated rings. The minimum Gasteiger partial charge on any atom is -0.396 e. The number of aromatic nitrogens is 3. The molecule has 0 saturated heterocycles. The van der Waals surface area contributed by atoms with Crippen LogP contribution in [-0.2, 0) is 0 Å². The molecule has 2 N–H and O–H groups in total. The Bertz CT molecular complexity index is 473. The van der Waals surface area contributed by atoms with Gasteiger partial charge in [-0.1, -0.05) is 17.8 Å². The maximum atomic E-state index is 8.91. The van der Waals surface area contributed by atoms with E-state index in [1.54, 1.807) is 11.8 Å². The third-order valence-electron chi connectivity index (χ3n) is 2.58. The number of fused-ring (bicyclic) bond motifs is 1. The molecule has 6 heteroatoms. The lowest BCUT2D eigenvalue weighted by Crippen LogP contribution is -2.28. The van der Waals surface area contributed by atoms with Crippen LogP contribution in [0, 0.1) is 0 Å². The van der Waals surface area contributed by atoms with Crippen LogP contribution in [0.2, 0.25) is 0 Å². The van der Waals surface area contributed by atoms with Crippen LogP contribution in [0.15, 0.2) is 29.6 Å². The van der Waals surface area contributed by atoms with Crippen LogP contribution in [0.1, 0.15) is 6.42 Å². The zero-order chi connectivity index (χ0) is 12.1. The minimum atomic E-state index is 0.201. The van der Waals surface area contributed by atoms with Crippen LogP contribution in [0.4, 0.5) is 0 Å². The van der Waals surface area contributed by atoms with Crippen molar-refractivity contribution in [2.45, 2.75) is 17.6 Å². The Balaban J connectivity index is 2.03. The van der Waals surface area contributed by atoms with Crippen molar-refractivity contribution >= 4 is 17.4 Å². The zero-order valence-electron chi connectivity index (χ0n) is 9.71. The number of nitrogens with zero attached hydrogens (tertiary/aromatic N) is 3. The van der Waals surface area contributed by atoms with Crippen molar-refractivity contribution in [3.05, 3.63) is 24.4 Å². The predicted molar refractivity (Wildman–Crippen MR) is 68.3 cm³/mol. The molecule has 0 aliphatic carbocycles. The van der Waals surface area contributed by atoms with Gasteiger partial charge in [-0.15, -0.1) is 10.2 Å². The first-order valence-electron chi connectivity index (χ1n) is 5.56. The summed E-state index contributed by atoms with van der Waals surface area (Å²) in [4.78, 5) is 0. The highest BCUT2D eigenvalue weighted by molar-refractivity contribution is 7.99. The normalized spacial score (nSPS) is 13.1. The first-order valence-corrected chi connectivity index (χ1v) is 6.54. The lowest BCUT2D eigenvalue weighted by molar-refractivity contribution is 0.273. The Labute approximate surface area is 104 Å². The standard InChI is InChI=1S/C11H16N4OS/c1-12-9(5-7-16)8-17-11-14-13-10-4-2-3-6-15(10)11/h2-4,6,9,12,16H,5,7-8H2,1H3. The summed E-state index contributed by atoms with van der Waals surface area (Å²) in [6.45, 7) is 0.201. The van der Waals surface area contributed by atoms with Gasteiger partial charge in [-0.3, -0.25) is 4.40 Å². The highest BCUT2D eigenvalue weighted by Crippen LogP contribution is 2.18. The van der Waals surface area contributed by atoms with Crippen LogP contribution in [0.3, 0.4) is 0 Å². The average Bonchev–Trinajstić information content (AvgIpc) is 2.78. The fourth-order valence-corrected chi connectivity index (χ4v) is 2.64. The molecular weight excluding hydrogens is 236 g/mol. The van der Waals surface area contributed by atoms with E-state index in [0.29, 0.717) is 6.04 Å². The summed E-state index contributed by atoms with van der Waals surface area (Å²) in [5.41, 5.74) is 0.859. The lowest BCUT2D eigenvalue weighted by Gasteiger charge is -2.13. The molecule has 2 heterocycles. The van der Waals surface area contributed by atoms with E-state index in [1.807, 2.05) is 35.8 Å². The third-order valence-corrected chi connectivity index (χ3v) is 3.69. The van der Waals surface area contributed by atoms with Crippen molar-refractivity contribution < 1.29 is 5.11 Å². The van der Waals surface area contributed by atoms with Crippen LogP contribution in [-0.4, -0.2) is 45.2 Å². The van der Waals surface area contributed by atoms with E-state index < -0.39 is 0 Å². The van der Waals surface area contributed by atoms with Gasteiger partial charge in [-0.2, -0.15) is 0 Å². The molecule has 1 unspecified atom stereocenters. The van der Waals surface area contributed by atoms with E-state index in [1.165, 1.54) is 0 Å². The molecule has 0 saturated carbocycles. The molecule has 0 radical (unpaired) electrons. The monoisotopic (exact) mass is 252 g/mol. The summed E-state index contributed by atoms with van der Waals surface area (Å²) in [6, 6.07) is 6.13. The molecule has 0 amide bonds. The molecule has 0 spiro atoms. The Morgan fingerprint density at radius 3 is 3.12 bits per heavy atom. The SMILES string of the molecule is CNC(CCO)CSc1nnc2ccccn12. The maximum absolute atomic E-state index is 8.91. The fourth-order valence-electron chi connectivity index (χ4n) is 1.56. The lowest BCUT2D eigenvalue weighted by atomic mass is 10.2. The smallest absolute Gasteiger partial charge is 0.195 e. The van der Waals surface area contributed by atoms with E-state index in [0.717, 1.165) is 23.0 Å². The van der Waals surface area contributed by atoms with E-state index >= 15 is 0 Å². The van der Waals surface area contributed by atoms with Gasteiger partial charge in [0.05, 0.1) is 0 Å². The predicted octanol–water partition coefficient (Wildman–Crippen LogP) is 0.792. The zero-order valence-corrected chi connectivity index (χ0v) is 10.5. The molecule has 2 aromatic rings. The quantitative estimate of drug-likeness (QED) is 0.744. The summed E-state index contributed by atoms with van der Waals surface area (Å²) in [6.07, 6.45) is 2.71. The van der Waals surface area contributed by atoms with Crippen molar-refractivity contribution in [1.82, 2.24) is 19.9 Å². The van der Waals surface area contributed by atoms with Gasteiger partial charge in [-0.05, 0) is 25.6 Å². The van der Waals surface area contributed by atoms with Gasteiger partial charge in [0, 0.05) is 24.6 Å². The fraction of sp³-hybridized carbons (Fsp3) is 0.455. The second-order valence-electron chi connectivity index (χ2n) is 3.72. The Kier molecular flexibility index (Phi) is 4.36. The second kappa shape index (κ2) is 6.00. The minimum absolute atomic E-state index is 0.201. The molecule has 0 aliphatic rings. The number of rotatable bonds is 6. The molecule has 2 aromatic heterocycles. The molecule has 1 atom stereocenters. The Morgan fingerprint density at radius 2 is 2.35 bits per heavy atom. The summed E-state index contributed by atoms with van der Waals surface area (Å²) in [5.74, 6) is 0.868. The molecular formula is C11H16N4OS. The van der Waals surface area contributed by atoms with E-state index in [4.69, 9.17) is 5.11 Å². The summed E-state index contributed by atoms with van der Waals surface area (Å²) in [7, 11) is 1.91. The van der Waals surface area contributed by atoms with E-state index in [-0.39, 0.29) is 6.61 Å². The molecule has 5 nitrogen and oxygen atoms in total. The molecule has 17 heavy (non-hydrogen) atoms. The summed E-state index contributed by atoms with van der Waals surface area (Å²) in [5, 5.41) is 21.2. The van der Waals surface area contributed by atoms with Crippen molar-refractivity contribution in [1.29, 1.82) is 0 Å². The Hall–Kier alpha value is -1.11. The third kappa shape index (κ3) is 2.96. The summed E-state index contributed by atoms with van der Waals surface area (Å²) >= 11 is 1.64. The first kappa shape index (κ1) is 12.3. The number of nitrogens with one attached hydrogen (secondary N) is 1. The van der Waals surface area contributed by atoms with Crippen molar-refractivity contribution in [2.75, 3.05) is 19.4 Å². The number of hydrogen-bond acceptors (Lipinski definition) is 5. The van der Waals surface area contributed by atoms with Crippen LogP contribution in [0.25, 0.3) is 5.65 Å². The topological polar surface area (TPSA) is 62.5 Å². The molecule has 92 valence electrons. The van der Waals surface area contributed by atoms with Crippen LogP contribution < -0.4 is 5.32 Å². The van der Waals surface area contributed by atoms with E-state index in [2.05, 4.69) is 15.5 Å². The van der Waals surface area contributed by atoms with Crippen molar-refractivity contribution in [3.63, 3.8) is 0 Å². The van der Waals surface area contributed by atoms with Gasteiger partial charge < -0.3 is 10.4 Å². The number of hydrogen-bond donors (Lipinski definition) is 2. The van der Waals surface area contributed by atoms with Crippen LogP contribution >= 0.6 is 11.8 Å². The van der Waals surface area contributed by atoms with Crippen molar-refractivity contribution in [3.8, 4) is 0 Å². The number of pyridine rings is 1. The van der Waals surface area contributed by atoms with Gasteiger partial charge in [-0.25, -0.2) is 0 Å². The second-order valence-corrected chi connectivity index (χ2v) is 4.71. The van der Waals surface area contributed by atoms with Gasteiger partial charge in [0.25, 0.3) is 0 Å². The summed E-state index contributed by atoms with van der Waals surface area (Å²) < 4.78 is 1.97. The highest BCUT2D eigenvalue weighted by atomic mass is 32.2. The Morgan fingerprint density at radius 1 is 1.47 bits per heavy atom. The van der Waals surface area contributed by atoms with Gasteiger partial charge in [0.15, 0.2) is 10.8 Å². The highest BCUT2D eigenvalue weighted by Gasteiger charge is 2.09. The number of aliphatic hydroxyl groups excluding tert-OH is 1. The molecule has 2 rings (SSSR count). The number of aliphatic hydroxyl groups is 1. The number of thioether (sulfide) groups is 1.